The molecule has 0 bridgehead atoms. The van der Waals surface area contributed by atoms with E-state index in [9.17, 15) is 4.79 Å². The van der Waals surface area contributed by atoms with Gasteiger partial charge in [-0.3, -0.25) is 0 Å². The summed E-state index contributed by atoms with van der Waals surface area (Å²) in [6.45, 7) is 5.31. The van der Waals surface area contributed by atoms with Crippen LogP contribution in [0.3, 0.4) is 0 Å². The molecule has 3 rings (SSSR count). The van der Waals surface area contributed by atoms with E-state index < -0.39 is 0 Å². The normalized spacial score (nSPS) is 37.4. The number of likely N-dealkylation sites (N-methyl/N-ethyl adjacent to an activating group) is 1. The Labute approximate surface area is 115 Å². The fourth-order valence-corrected chi connectivity index (χ4v) is 3.90. The molecule has 0 spiro atoms. The zero-order valence-electron chi connectivity index (χ0n) is 12.1. The maximum absolute atomic E-state index is 12.5. The Kier molecular flexibility index (Phi) is 3.67. The largest absolute Gasteiger partial charge is 0.323 e. The average molecular weight is 266 g/mol. The number of rotatable bonds is 2. The molecular formula is C14H26N4O. The third-order valence-corrected chi connectivity index (χ3v) is 5.11. The number of likely N-dealkylation sites (tertiary alicyclic amines) is 1. The molecule has 1 N–H and O–H groups in total. The minimum Gasteiger partial charge on any atom is -0.323 e. The van der Waals surface area contributed by atoms with Gasteiger partial charge in [-0.2, -0.15) is 0 Å². The van der Waals surface area contributed by atoms with E-state index >= 15 is 0 Å². The van der Waals surface area contributed by atoms with E-state index in [0.717, 1.165) is 32.6 Å². The zero-order chi connectivity index (χ0) is 13.4. The first kappa shape index (κ1) is 13.2. The predicted octanol–water partition coefficient (Wildman–Crippen LogP) is 0.426. The van der Waals surface area contributed by atoms with Crippen LogP contribution in [0.4, 0.5) is 4.79 Å². The van der Waals surface area contributed by atoms with Crippen LogP contribution >= 0.6 is 0 Å². The van der Waals surface area contributed by atoms with E-state index in [1.807, 2.05) is 11.9 Å². The molecule has 0 saturated carbocycles. The molecule has 3 atom stereocenters. The summed E-state index contributed by atoms with van der Waals surface area (Å²) < 4.78 is 0. The van der Waals surface area contributed by atoms with Gasteiger partial charge in [-0.1, -0.05) is 0 Å². The van der Waals surface area contributed by atoms with Crippen molar-refractivity contribution in [1.29, 1.82) is 0 Å². The summed E-state index contributed by atoms with van der Waals surface area (Å²) in [4.78, 5) is 19.0. The fraction of sp³-hybridized carbons (Fsp3) is 0.929. The molecule has 3 aliphatic rings. The number of hydrogen-bond donors (Lipinski definition) is 1. The van der Waals surface area contributed by atoms with Gasteiger partial charge < -0.3 is 20.0 Å². The van der Waals surface area contributed by atoms with Gasteiger partial charge in [0.2, 0.25) is 0 Å². The lowest BCUT2D eigenvalue weighted by atomic mass is 9.98. The Hall–Kier alpha value is -0.810. The van der Waals surface area contributed by atoms with Crippen LogP contribution in [-0.4, -0.2) is 79.6 Å². The molecule has 19 heavy (non-hydrogen) atoms. The third kappa shape index (κ3) is 2.46. The van der Waals surface area contributed by atoms with Crippen LogP contribution in [0.15, 0.2) is 0 Å². The Bertz CT molecular complexity index is 342. The number of nitrogens with one attached hydrogen (secondary N) is 1. The monoisotopic (exact) mass is 266 g/mol. The van der Waals surface area contributed by atoms with Crippen LogP contribution in [0, 0.1) is 5.92 Å². The van der Waals surface area contributed by atoms with E-state index in [0.29, 0.717) is 18.0 Å². The highest BCUT2D eigenvalue weighted by atomic mass is 16.2. The van der Waals surface area contributed by atoms with Gasteiger partial charge in [0.15, 0.2) is 0 Å². The van der Waals surface area contributed by atoms with Crippen LogP contribution in [0.2, 0.25) is 0 Å². The molecule has 2 amide bonds. The number of amides is 2. The molecule has 0 aromatic rings. The summed E-state index contributed by atoms with van der Waals surface area (Å²) in [5, 5.41) is 3.42. The van der Waals surface area contributed by atoms with Crippen molar-refractivity contribution < 1.29 is 4.79 Å². The summed E-state index contributed by atoms with van der Waals surface area (Å²) >= 11 is 0. The van der Waals surface area contributed by atoms with E-state index in [1.54, 1.807) is 0 Å². The highest BCUT2D eigenvalue weighted by Crippen LogP contribution is 2.29. The van der Waals surface area contributed by atoms with Gasteiger partial charge in [0.25, 0.3) is 0 Å². The highest BCUT2D eigenvalue weighted by Gasteiger charge is 2.43. The molecule has 0 aromatic heterocycles. The van der Waals surface area contributed by atoms with Gasteiger partial charge in [-0.15, -0.1) is 0 Å². The average Bonchev–Trinajstić information content (AvgIpc) is 2.97. The number of piperidine rings is 1. The SMILES string of the molecule is CN1CCC(C2CN(C3CCCNC3)C(=O)N2C)C1. The maximum Gasteiger partial charge on any atom is 0.320 e. The number of hydrogen-bond acceptors (Lipinski definition) is 3. The van der Waals surface area contributed by atoms with Crippen molar-refractivity contribution in [2.24, 2.45) is 5.92 Å². The first-order chi connectivity index (χ1) is 9.16. The standard InChI is InChI=1S/C14H26N4O/c1-16-7-5-11(9-16)13-10-18(14(19)17(13)2)12-4-3-6-15-8-12/h11-13,15H,3-10H2,1-2H3. The molecule has 3 aliphatic heterocycles. The molecule has 3 heterocycles. The van der Waals surface area contributed by atoms with Crippen LogP contribution in [0.25, 0.3) is 0 Å². The van der Waals surface area contributed by atoms with Crippen LogP contribution < -0.4 is 5.32 Å². The number of urea groups is 1. The molecule has 5 heteroatoms. The molecule has 0 radical (unpaired) electrons. The van der Waals surface area contributed by atoms with Crippen molar-refractivity contribution in [2.75, 3.05) is 46.8 Å². The first-order valence-electron chi connectivity index (χ1n) is 7.59. The van der Waals surface area contributed by atoms with Crippen LogP contribution in [0.5, 0.6) is 0 Å². The van der Waals surface area contributed by atoms with Gasteiger partial charge >= 0.3 is 6.03 Å². The smallest absolute Gasteiger partial charge is 0.320 e. The minimum atomic E-state index is 0.244. The quantitative estimate of drug-likeness (QED) is 0.787. The van der Waals surface area contributed by atoms with Gasteiger partial charge in [0.05, 0.1) is 6.04 Å². The van der Waals surface area contributed by atoms with Gasteiger partial charge in [0, 0.05) is 32.7 Å². The number of carbonyl (C=O) groups is 1. The van der Waals surface area contributed by atoms with E-state index in [2.05, 4.69) is 22.2 Å². The second-order valence-electron chi connectivity index (χ2n) is 6.42. The Morgan fingerprint density at radius 1 is 1.21 bits per heavy atom. The van der Waals surface area contributed by atoms with Crippen LogP contribution in [-0.2, 0) is 0 Å². The molecule has 0 aromatic carbocycles. The van der Waals surface area contributed by atoms with Gasteiger partial charge in [-0.25, -0.2) is 4.79 Å². The zero-order valence-corrected chi connectivity index (χ0v) is 12.1. The van der Waals surface area contributed by atoms with E-state index in [1.165, 1.54) is 19.4 Å². The van der Waals surface area contributed by atoms with Crippen molar-refractivity contribution in [3.8, 4) is 0 Å². The highest BCUT2D eigenvalue weighted by molar-refractivity contribution is 5.77. The molecule has 5 nitrogen and oxygen atoms in total. The van der Waals surface area contributed by atoms with Crippen molar-refractivity contribution in [1.82, 2.24) is 20.0 Å². The lowest BCUT2D eigenvalue weighted by Gasteiger charge is -2.31. The molecular weight excluding hydrogens is 240 g/mol. The minimum absolute atomic E-state index is 0.244. The third-order valence-electron chi connectivity index (χ3n) is 5.11. The second-order valence-corrected chi connectivity index (χ2v) is 6.42. The van der Waals surface area contributed by atoms with Crippen molar-refractivity contribution in [2.45, 2.75) is 31.3 Å². The predicted molar refractivity (Wildman–Crippen MR) is 75.1 cm³/mol. The Morgan fingerprint density at radius 3 is 2.68 bits per heavy atom. The first-order valence-corrected chi connectivity index (χ1v) is 7.59. The summed E-state index contributed by atoms with van der Waals surface area (Å²) in [6.07, 6.45) is 3.58. The van der Waals surface area contributed by atoms with Crippen molar-refractivity contribution in [3.05, 3.63) is 0 Å². The Morgan fingerprint density at radius 2 is 2.05 bits per heavy atom. The number of nitrogens with zero attached hydrogens (tertiary/aromatic N) is 3. The fourth-order valence-electron chi connectivity index (χ4n) is 3.90. The molecule has 3 fully saturated rings. The molecule has 0 aliphatic carbocycles. The maximum atomic E-state index is 12.5. The van der Waals surface area contributed by atoms with Gasteiger partial charge in [-0.05, 0) is 45.3 Å². The number of carbonyl (C=O) groups excluding carboxylic acids is 1. The van der Waals surface area contributed by atoms with E-state index in [4.69, 9.17) is 0 Å². The van der Waals surface area contributed by atoms with Crippen molar-refractivity contribution in [3.63, 3.8) is 0 Å². The topological polar surface area (TPSA) is 38.8 Å². The lowest BCUT2D eigenvalue weighted by molar-refractivity contribution is 0.170. The summed E-state index contributed by atoms with van der Waals surface area (Å²) in [7, 11) is 4.17. The molecule has 3 saturated heterocycles. The van der Waals surface area contributed by atoms with Gasteiger partial charge in [0.1, 0.15) is 0 Å². The summed E-state index contributed by atoms with van der Waals surface area (Å²) in [5.74, 6) is 0.653. The summed E-state index contributed by atoms with van der Waals surface area (Å²) in [5.41, 5.74) is 0. The molecule has 3 unspecified atom stereocenters. The Balaban J connectivity index is 1.66. The molecule has 108 valence electrons. The van der Waals surface area contributed by atoms with Crippen LogP contribution in [0.1, 0.15) is 19.3 Å². The lowest BCUT2D eigenvalue weighted by Crippen LogP contribution is -2.47. The second kappa shape index (κ2) is 5.29. The van der Waals surface area contributed by atoms with Crippen molar-refractivity contribution >= 4 is 6.03 Å². The summed E-state index contributed by atoms with van der Waals surface area (Å²) in [6, 6.07) is 1.07. The van der Waals surface area contributed by atoms with E-state index in [-0.39, 0.29) is 6.03 Å².